The smallest absolute Gasteiger partial charge is 0.207 e. The largest absolute Gasteiger partial charge is 0.382 e. The monoisotopic (exact) mass is 467 g/mol. The van der Waals surface area contributed by atoms with Crippen molar-refractivity contribution in [3.8, 4) is 0 Å². The molecule has 5 rings (SSSR count). The number of nitrogens with zero attached hydrogens (tertiary/aromatic N) is 1. The van der Waals surface area contributed by atoms with Crippen molar-refractivity contribution < 1.29 is 4.79 Å². The summed E-state index contributed by atoms with van der Waals surface area (Å²) in [5, 5.41) is 8.31. The van der Waals surface area contributed by atoms with Gasteiger partial charge in [0.05, 0.1) is 5.52 Å². The molecule has 2 saturated carbocycles. The van der Waals surface area contributed by atoms with Crippen molar-refractivity contribution in [1.29, 1.82) is 0 Å². The first-order valence-corrected chi connectivity index (χ1v) is 12.4. The summed E-state index contributed by atoms with van der Waals surface area (Å²) in [6, 6.07) is 19.4. The number of halogens is 1. The zero-order valence-electron chi connectivity index (χ0n) is 20.4. The summed E-state index contributed by atoms with van der Waals surface area (Å²) >= 11 is 5.71. The Balaban J connectivity index is 0.000000190. The highest BCUT2D eigenvalue weighted by molar-refractivity contribution is 6.31. The highest BCUT2D eigenvalue weighted by Gasteiger charge is 2.24. The molecule has 4 nitrogen and oxygen atoms in total. The molecule has 33 heavy (non-hydrogen) atoms. The van der Waals surface area contributed by atoms with Gasteiger partial charge in [-0.15, -0.1) is 0 Å². The van der Waals surface area contributed by atoms with Crippen LogP contribution in [0.2, 0.25) is 5.02 Å². The number of aromatic nitrogens is 1. The fraction of sp³-hybridized carbons (Fsp3) is 0.429. The number of amides is 1. The van der Waals surface area contributed by atoms with Crippen LogP contribution in [-0.4, -0.2) is 23.5 Å². The number of pyridine rings is 1. The first-order chi connectivity index (χ1) is 16.0. The molecule has 1 aromatic heterocycles. The van der Waals surface area contributed by atoms with Gasteiger partial charge in [0.15, 0.2) is 0 Å². The van der Waals surface area contributed by atoms with Crippen LogP contribution in [0.5, 0.6) is 0 Å². The van der Waals surface area contributed by atoms with Gasteiger partial charge in [-0.05, 0) is 74.8 Å². The number of fused-ring (bicyclic) bond motifs is 1. The summed E-state index contributed by atoms with van der Waals surface area (Å²) in [5.41, 5.74) is 3.40. The van der Waals surface area contributed by atoms with Crippen molar-refractivity contribution in [1.82, 2.24) is 10.3 Å². The lowest BCUT2D eigenvalue weighted by molar-refractivity contribution is -0.110. The number of aryl methyl sites for hydroxylation is 1. The number of nitrogens with one attached hydrogen (secondary N) is 2. The Morgan fingerprint density at radius 3 is 2.24 bits per heavy atom. The van der Waals surface area contributed by atoms with E-state index in [0.717, 1.165) is 28.4 Å². The maximum atomic E-state index is 9.70. The van der Waals surface area contributed by atoms with E-state index < -0.39 is 0 Å². The second-order valence-electron chi connectivity index (χ2n) is 8.49. The molecule has 2 N–H and O–H groups in total. The van der Waals surface area contributed by atoms with E-state index in [1.807, 2.05) is 57.3 Å². The van der Waals surface area contributed by atoms with E-state index in [4.69, 9.17) is 11.6 Å². The van der Waals surface area contributed by atoms with Gasteiger partial charge in [-0.2, -0.15) is 0 Å². The van der Waals surface area contributed by atoms with Gasteiger partial charge in [0.25, 0.3) is 0 Å². The second kappa shape index (κ2) is 14.5. The molecule has 0 aliphatic heterocycles. The summed E-state index contributed by atoms with van der Waals surface area (Å²) in [5.74, 6) is 0.885. The molecular formula is C28H38ClN3O. The predicted octanol–water partition coefficient (Wildman–Crippen LogP) is 7.40. The molecule has 0 atom stereocenters. The average Bonchev–Trinajstić information content (AvgIpc) is 2.79. The lowest BCUT2D eigenvalue weighted by Crippen LogP contribution is -2.33. The zero-order chi connectivity index (χ0) is 24.1. The van der Waals surface area contributed by atoms with E-state index >= 15 is 0 Å². The first kappa shape index (κ1) is 26.7. The fourth-order valence-electron chi connectivity index (χ4n) is 3.63. The summed E-state index contributed by atoms with van der Waals surface area (Å²) in [6.07, 6.45) is 8.85. The normalized spacial score (nSPS) is 18.5. The van der Waals surface area contributed by atoms with E-state index in [2.05, 4.69) is 46.8 Å². The molecule has 0 unspecified atom stereocenters. The van der Waals surface area contributed by atoms with Crippen LogP contribution >= 0.6 is 11.6 Å². The fourth-order valence-corrected chi connectivity index (χ4v) is 3.77. The van der Waals surface area contributed by atoms with E-state index in [1.165, 1.54) is 43.2 Å². The SMILES string of the molecule is CC.CC1CC(Nc2ccc3cccnc3c2)C1.Cc1ccccc1Cl.O=CNC1CCC1. The Labute approximate surface area is 204 Å². The number of benzene rings is 2. The molecule has 1 amide bonds. The maximum absolute atomic E-state index is 9.70. The zero-order valence-corrected chi connectivity index (χ0v) is 21.1. The van der Waals surface area contributed by atoms with Crippen LogP contribution in [0.15, 0.2) is 60.8 Å². The Hall–Kier alpha value is -2.59. The number of carbonyl (C=O) groups is 1. The van der Waals surface area contributed by atoms with Crippen molar-refractivity contribution >= 4 is 34.6 Å². The van der Waals surface area contributed by atoms with Crippen molar-refractivity contribution in [3.05, 3.63) is 71.4 Å². The van der Waals surface area contributed by atoms with Crippen LogP contribution in [0.25, 0.3) is 10.9 Å². The van der Waals surface area contributed by atoms with Crippen LogP contribution < -0.4 is 10.6 Å². The van der Waals surface area contributed by atoms with Crippen molar-refractivity contribution in [2.45, 2.75) is 71.9 Å². The molecule has 0 saturated heterocycles. The minimum Gasteiger partial charge on any atom is -0.382 e. The van der Waals surface area contributed by atoms with Gasteiger partial charge in [-0.3, -0.25) is 9.78 Å². The average molecular weight is 468 g/mol. The third kappa shape index (κ3) is 9.05. The number of hydrogen-bond donors (Lipinski definition) is 2. The van der Waals surface area contributed by atoms with Gasteiger partial charge >= 0.3 is 0 Å². The molecule has 0 spiro atoms. The van der Waals surface area contributed by atoms with Gasteiger partial charge in [0.2, 0.25) is 6.41 Å². The third-order valence-corrected chi connectivity index (χ3v) is 6.26. The molecule has 3 aromatic rings. The third-order valence-electron chi connectivity index (χ3n) is 5.84. The van der Waals surface area contributed by atoms with Crippen LogP contribution in [0.3, 0.4) is 0 Å². The van der Waals surface area contributed by atoms with Crippen molar-refractivity contribution in [2.24, 2.45) is 5.92 Å². The number of carbonyl (C=O) groups excluding carboxylic acids is 1. The summed E-state index contributed by atoms with van der Waals surface area (Å²) in [7, 11) is 0. The molecular weight excluding hydrogens is 430 g/mol. The maximum Gasteiger partial charge on any atom is 0.207 e. The van der Waals surface area contributed by atoms with Crippen LogP contribution in [-0.2, 0) is 4.79 Å². The summed E-state index contributed by atoms with van der Waals surface area (Å²) < 4.78 is 0. The van der Waals surface area contributed by atoms with Gasteiger partial charge in [0, 0.05) is 34.4 Å². The molecule has 1 heterocycles. The van der Waals surface area contributed by atoms with E-state index in [0.29, 0.717) is 12.1 Å². The molecule has 5 heteroatoms. The Morgan fingerprint density at radius 2 is 1.73 bits per heavy atom. The van der Waals surface area contributed by atoms with Crippen LogP contribution in [0.1, 0.15) is 58.4 Å². The highest BCUT2D eigenvalue weighted by Crippen LogP contribution is 2.30. The van der Waals surface area contributed by atoms with E-state index in [-0.39, 0.29) is 0 Å². The lowest BCUT2D eigenvalue weighted by atomic mass is 9.82. The Morgan fingerprint density at radius 1 is 1.00 bits per heavy atom. The second-order valence-corrected chi connectivity index (χ2v) is 8.90. The molecule has 0 radical (unpaired) electrons. The topological polar surface area (TPSA) is 54.0 Å². The van der Waals surface area contributed by atoms with Gasteiger partial charge in [-0.25, -0.2) is 0 Å². The van der Waals surface area contributed by atoms with Crippen molar-refractivity contribution in [3.63, 3.8) is 0 Å². The molecule has 178 valence electrons. The van der Waals surface area contributed by atoms with Gasteiger partial charge in [0.1, 0.15) is 0 Å². The standard InChI is InChI=1S/C14H16N2.C7H7Cl.C5H9NO.C2H6/c1-10-7-13(8-10)16-12-5-4-11-3-2-6-15-14(11)9-12;1-6-4-2-3-5-7(6)8;7-4-6-5-2-1-3-5;1-2/h2-6,9-10,13,16H,7-8H2,1H3;2-5H,1H3;4-5H,1-3H2,(H,6,7);1-2H3. The van der Waals surface area contributed by atoms with Gasteiger partial charge in [-0.1, -0.05) is 62.7 Å². The summed E-state index contributed by atoms with van der Waals surface area (Å²) in [4.78, 5) is 14.1. The quantitative estimate of drug-likeness (QED) is 0.393. The molecule has 0 bridgehead atoms. The minimum absolute atomic E-state index is 0.512. The van der Waals surface area contributed by atoms with Crippen LogP contribution in [0, 0.1) is 12.8 Å². The van der Waals surface area contributed by atoms with Crippen molar-refractivity contribution in [2.75, 3.05) is 5.32 Å². The number of anilines is 1. The molecule has 2 aliphatic carbocycles. The van der Waals surface area contributed by atoms with E-state index in [1.54, 1.807) is 0 Å². The Kier molecular flexibility index (Phi) is 11.7. The Bertz CT molecular complexity index is 947. The minimum atomic E-state index is 0.512. The summed E-state index contributed by atoms with van der Waals surface area (Å²) in [6.45, 7) is 8.29. The number of hydrogen-bond acceptors (Lipinski definition) is 3. The molecule has 2 aromatic carbocycles. The number of rotatable bonds is 4. The first-order valence-electron chi connectivity index (χ1n) is 12.1. The molecule has 2 aliphatic rings. The van der Waals surface area contributed by atoms with Crippen LogP contribution in [0.4, 0.5) is 5.69 Å². The van der Waals surface area contributed by atoms with E-state index in [9.17, 15) is 4.79 Å². The predicted molar refractivity (Wildman–Crippen MR) is 142 cm³/mol. The highest BCUT2D eigenvalue weighted by atomic mass is 35.5. The molecule has 2 fully saturated rings. The van der Waals surface area contributed by atoms with Gasteiger partial charge < -0.3 is 10.6 Å². The lowest BCUT2D eigenvalue weighted by Gasteiger charge is -2.34.